The highest BCUT2D eigenvalue weighted by atomic mass is 16.5. The summed E-state index contributed by atoms with van der Waals surface area (Å²) in [7, 11) is 1.57. The van der Waals surface area contributed by atoms with Crippen LogP contribution in [0.4, 0.5) is 5.69 Å². The summed E-state index contributed by atoms with van der Waals surface area (Å²) in [5.41, 5.74) is 2.26. The Morgan fingerprint density at radius 1 is 0.882 bits per heavy atom. The van der Waals surface area contributed by atoms with E-state index in [1.807, 2.05) is 38.1 Å². The predicted octanol–water partition coefficient (Wildman–Crippen LogP) is 4.47. The second-order valence-electron chi connectivity index (χ2n) is 7.91. The van der Waals surface area contributed by atoms with Gasteiger partial charge in [0.15, 0.2) is 6.61 Å². The molecule has 0 radical (unpaired) electrons. The zero-order chi connectivity index (χ0) is 24.3. The van der Waals surface area contributed by atoms with Crippen LogP contribution in [-0.2, 0) is 11.2 Å². The van der Waals surface area contributed by atoms with Gasteiger partial charge < -0.3 is 24.8 Å². The van der Waals surface area contributed by atoms with Gasteiger partial charge in [0.1, 0.15) is 17.2 Å². The standard InChI is InChI=1S/C27H30N2O5/c1-19(2)34-24-11-7-20(8-12-24)15-16-28-27(31)21-9-13-23(14-10-21)33-18-26(30)29-22-5-4-6-25(17-22)32-3/h4-14,17,19H,15-16,18H2,1-3H3,(H,28,31)(H,29,30). The molecule has 0 saturated heterocycles. The van der Waals surface area contributed by atoms with Crippen molar-refractivity contribution in [1.82, 2.24) is 5.32 Å². The molecule has 0 aliphatic rings. The van der Waals surface area contributed by atoms with Crippen LogP contribution in [0.3, 0.4) is 0 Å². The molecule has 0 heterocycles. The molecule has 3 aromatic rings. The summed E-state index contributed by atoms with van der Waals surface area (Å²) in [6.07, 6.45) is 0.857. The molecule has 3 rings (SSSR count). The highest BCUT2D eigenvalue weighted by Crippen LogP contribution is 2.17. The van der Waals surface area contributed by atoms with Crippen molar-refractivity contribution in [2.75, 3.05) is 25.6 Å². The van der Waals surface area contributed by atoms with Gasteiger partial charge in [0.05, 0.1) is 13.2 Å². The van der Waals surface area contributed by atoms with E-state index in [4.69, 9.17) is 14.2 Å². The normalized spacial score (nSPS) is 10.5. The predicted molar refractivity (Wildman–Crippen MR) is 132 cm³/mol. The Labute approximate surface area is 200 Å². The molecule has 2 N–H and O–H groups in total. The minimum absolute atomic E-state index is 0.137. The molecular weight excluding hydrogens is 432 g/mol. The molecule has 0 unspecified atom stereocenters. The average Bonchev–Trinajstić information content (AvgIpc) is 2.84. The largest absolute Gasteiger partial charge is 0.497 e. The van der Waals surface area contributed by atoms with Crippen LogP contribution < -0.4 is 24.8 Å². The second-order valence-corrected chi connectivity index (χ2v) is 7.91. The highest BCUT2D eigenvalue weighted by Gasteiger charge is 2.08. The number of carbonyl (C=O) groups excluding carboxylic acids is 2. The first-order valence-corrected chi connectivity index (χ1v) is 11.1. The number of rotatable bonds is 11. The number of benzene rings is 3. The Morgan fingerprint density at radius 2 is 1.59 bits per heavy atom. The quantitative estimate of drug-likeness (QED) is 0.439. The summed E-state index contributed by atoms with van der Waals surface area (Å²) in [6, 6.07) is 21.6. The van der Waals surface area contributed by atoms with Crippen LogP contribution in [-0.4, -0.2) is 38.2 Å². The number of ether oxygens (including phenoxy) is 3. The molecule has 178 valence electrons. The van der Waals surface area contributed by atoms with Crippen molar-refractivity contribution in [3.63, 3.8) is 0 Å². The topological polar surface area (TPSA) is 85.9 Å². The summed E-state index contributed by atoms with van der Waals surface area (Å²) < 4.78 is 16.3. The number of nitrogens with one attached hydrogen (secondary N) is 2. The molecule has 7 nitrogen and oxygen atoms in total. The van der Waals surface area contributed by atoms with Crippen LogP contribution >= 0.6 is 0 Å². The third kappa shape index (κ3) is 7.85. The fourth-order valence-corrected chi connectivity index (χ4v) is 3.18. The molecule has 0 aromatic heterocycles. The van der Waals surface area contributed by atoms with Crippen molar-refractivity contribution >= 4 is 17.5 Å². The highest BCUT2D eigenvalue weighted by molar-refractivity contribution is 5.94. The lowest BCUT2D eigenvalue weighted by Crippen LogP contribution is -2.25. The summed E-state index contributed by atoms with van der Waals surface area (Å²) >= 11 is 0. The van der Waals surface area contributed by atoms with Gasteiger partial charge in [-0.3, -0.25) is 9.59 Å². The van der Waals surface area contributed by atoms with Gasteiger partial charge in [0, 0.05) is 23.9 Å². The van der Waals surface area contributed by atoms with E-state index in [0.717, 1.165) is 17.7 Å². The zero-order valence-corrected chi connectivity index (χ0v) is 19.7. The van der Waals surface area contributed by atoms with E-state index in [9.17, 15) is 9.59 Å². The smallest absolute Gasteiger partial charge is 0.262 e. The monoisotopic (exact) mass is 462 g/mol. The zero-order valence-electron chi connectivity index (χ0n) is 19.7. The van der Waals surface area contributed by atoms with Crippen LogP contribution in [0.15, 0.2) is 72.8 Å². The molecule has 3 aromatic carbocycles. The Morgan fingerprint density at radius 3 is 2.26 bits per heavy atom. The van der Waals surface area contributed by atoms with Crippen molar-refractivity contribution in [2.45, 2.75) is 26.4 Å². The molecule has 0 spiro atoms. The van der Waals surface area contributed by atoms with E-state index in [0.29, 0.717) is 29.3 Å². The van der Waals surface area contributed by atoms with Gasteiger partial charge in [-0.1, -0.05) is 18.2 Å². The van der Waals surface area contributed by atoms with Gasteiger partial charge in [-0.15, -0.1) is 0 Å². The lowest BCUT2D eigenvalue weighted by molar-refractivity contribution is -0.118. The van der Waals surface area contributed by atoms with Crippen LogP contribution in [0.5, 0.6) is 17.2 Å². The molecule has 0 aliphatic heterocycles. The molecule has 0 atom stereocenters. The van der Waals surface area contributed by atoms with Crippen molar-refractivity contribution in [3.8, 4) is 17.2 Å². The van der Waals surface area contributed by atoms with Crippen molar-refractivity contribution in [1.29, 1.82) is 0 Å². The molecule has 0 bridgehead atoms. The molecular formula is C27H30N2O5. The van der Waals surface area contributed by atoms with E-state index in [-0.39, 0.29) is 24.5 Å². The first kappa shape index (κ1) is 24.6. The molecule has 7 heteroatoms. The van der Waals surface area contributed by atoms with Gasteiger partial charge in [0.25, 0.3) is 11.8 Å². The fourth-order valence-electron chi connectivity index (χ4n) is 3.18. The summed E-state index contributed by atoms with van der Waals surface area (Å²) in [5, 5.41) is 5.66. The van der Waals surface area contributed by atoms with Gasteiger partial charge >= 0.3 is 0 Å². The van der Waals surface area contributed by atoms with Gasteiger partial charge in [0.2, 0.25) is 0 Å². The van der Waals surface area contributed by atoms with E-state index in [1.54, 1.807) is 55.6 Å². The molecule has 0 aliphatic carbocycles. The average molecular weight is 463 g/mol. The third-order valence-corrected chi connectivity index (χ3v) is 4.83. The number of methoxy groups -OCH3 is 1. The molecule has 0 saturated carbocycles. The Balaban J connectivity index is 1.40. The lowest BCUT2D eigenvalue weighted by atomic mass is 10.1. The van der Waals surface area contributed by atoms with Gasteiger partial charge in [-0.2, -0.15) is 0 Å². The van der Waals surface area contributed by atoms with Gasteiger partial charge in [-0.05, 0) is 74.4 Å². The Bertz CT molecular complexity index is 1080. The van der Waals surface area contributed by atoms with Gasteiger partial charge in [-0.25, -0.2) is 0 Å². The van der Waals surface area contributed by atoms with Crippen molar-refractivity contribution in [2.24, 2.45) is 0 Å². The number of anilines is 1. The van der Waals surface area contributed by atoms with E-state index >= 15 is 0 Å². The van der Waals surface area contributed by atoms with E-state index in [1.165, 1.54) is 0 Å². The van der Waals surface area contributed by atoms with Crippen LogP contribution in [0.1, 0.15) is 29.8 Å². The minimum Gasteiger partial charge on any atom is -0.497 e. The van der Waals surface area contributed by atoms with E-state index < -0.39 is 0 Å². The minimum atomic E-state index is -0.293. The maximum absolute atomic E-state index is 12.4. The van der Waals surface area contributed by atoms with Crippen molar-refractivity contribution < 1.29 is 23.8 Å². The van der Waals surface area contributed by atoms with Crippen LogP contribution in [0, 0.1) is 0 Å². The first-order valence-electron chi connectivity index (χ1n) is 11.1. The van der Waals surface area contributed by atoms with Crippen LogP contribution in [0.25, 0.3) is 0 Å². The number of hydrogen-bond acceptors (Lipinski definition) is 5. The summed E-state index contributed by atoms with van der Waals surface area (Å²) in [6.45, 7) is 4.35. The van der Waals surface area contributed by atoms with Crippen LogP contribution in [0.2, 0.25) is 0 Å². The number of amides is 2. The van der Waals surface area contributed by atoms with Crippen molar-refractivity contribution in [3.05, 3.63) is 83.9 Å². The third-order valence-electron chi connectivity index (χ3n) is 4.83. The second kappa shape index (κ2) is 12.3. The maximum atomic E-state index is 12.4. The Kier molecular flexibility index (Phi) is 8.91. The first-order chi connectivity index (χ1) is 16.4. The molecule has 2 amide bonds. The fraction of sp³-hybridized carbons (Fsp3) is 0.259. The number of carbonyl (C=O) groups is 2. The molecule has 34 heavy (non-hydrogen) atoms. The summed E-state index contributed by atoms with van der Waals surface area (Å²) in [5.74, 6) is 1.53. The lowest BCUT2D eigenvalue weighted by Gasteiger charge is -2.11. The summed E-state index contributed by atoms with van der Waals surface area (Å²) in [4.78, 5) is 24.5. The van der Waals surface area contributed by atoms with E-state index in [2.05, 4.69) is 10.6 Å². The molecule has 0 fully saturated rings. The Hall–Kier alpha value is -4.00. The maximum Gasteiger partial charge on any atom is 0.262 e. The SMILES string of the molecule is COc1cccc(NC(=O)COc2ccc(C(=O)NCCc3ccc(OC(C)C)cc3)cc2)c1. The number of hydrogen-bond donors (Lipinski definition) is 2.